The van der Waals surface area contributed by atoms with E-state index in [1.807, 2.05) is 11.9 Å². The molecule has 98 valence electrons. The highest BCUT2D eigenvalue weighted by molar-refractivity contribution is 6.28. The maximum Gasteiger partial charge on any atom is 0.244 e. The number of carbonyl (C=O) groups excluding carboxylic acids is 1. The molecule has 2 rings (SSSR count). The van der Waals surface area contributed by atoms with Gasteiger partial charge < -0.3 is 4.74 Å². The van der Waals surface area contributed by atoms with Crippen molar-refractivity contribution in [2.75, 3.05) is 18.7 Å². The number of hydrogen-bond donors (Lipinski definition) is 0. The lowest BCUT2D eigenvalue weighted by Gasteiger charge is -2.28. The molecule has 1 aromatic heterocycles. The molecule has 0 bridgehead atoms. The van der Waals surface area contributed by atoms with Crippen LogP contribution in [0.1, 0.15) is 26.0 Å². The smallest absolute Gasteiger partial charge is 0.244 e. The van der Waals surface area contributed by atoms with Crippen molar-refractivity contribution in [2.24, 2.45) is 0 Å². The third kappa shape index (κ3) is 2.08. The number of anilines is 1. The molecule has 0 aliphatic carbocycles. The molecular weight excluding hydrogens is 256 g/mol. The highest BCUT2D eigenvalue weighted by Gasteiger charge is 2.34. The van der Waals surface area contributed by atoms with E-state index in [1.165, 1.54) is 14.0 Å². The van der Waals surface area contributed by atoms with E-state index < -0.39 is 0 Å². The number of rotatable bonds is 3. The summed E-state index contributed by atoms with van der Waals surface area (Å²) in [7, 11) is 1.53. The van der Waals surface area contributed by atoms with Crippen LogP contribution in [0.4, 0.5) is 5.69 Å². The molecule has 0 fully saturated rings. The maximum atomic E-state index is 11.6. The number of ether oxygens (including phenoxy) is 1. The van der Waals surface area contributed by atoms with Crippen molar-refractivity contribution < 1.29 is 9.53 Å². The Bertz CT molecular complexity index is 480. The minimum Gasteiger partial charge on any atom is -0.479 e. The number of hydrazine groups is 1. The maximum absolute atomic E-state index is 11.6. The summed E-state index contributed by atoms with van der Waals surface area (Å²) in [4.78, 5) is 19.9. The van der Waals surface area contributed by atoms with E-state index in [-0.39, 0.29) is 11.2 Å². The summed E-state index contributed by atoms with van der Waals surface area (Å²) in [6.07, 6.45) is 0.898. The van der Waals surface area contributed by atoms with Gasteiger partial charge in [-0.1, -0.05) is 6.92 Å². The Kier molecular flexibility index (Phi) is 3.56. The van der Waals surface area contributed by atoms with Gasteiger partial charge in [0.2, 0.25) is 17.1 Å². The topological polar surface area (TPSA) is 58.6 Å². The normalized spacial score (nSPS) is 13.8. The number of fused-ring (bicyclic) bond motifs is 1. The number of methoxy groups -OCH3 is 1. The first-order chi connectivity index (χ1) is 8.58. The van der Waals surface area contributed by atoms with Crippen molar-refractivity contribution in [2.45, 2.75) is 26.8 Å². The van der Waals surface area contributed by atoms with Gasteiger partial charge in [0.15, 0.2) is 0 Å². The van der Waals surface area contributed by atoms with Crippen LogP contribution in [-0.2, 0) is 11.3 Å². The predicted octanol–water partition coefficient (Wildman–Crippen LogP) is 1.63. The van der Waals surface area contributed by atoms with Gasteiger partial charge in [0.1, 0.15) is 5.69 Å². The zero-order chi connectivity index (χ0) is 13.3. The van der Waals surface area contributed by atoms with Crippen molar-refractivity contribution in [1.29, 1.82) is 0 Å². The second-order valence-electron chi connectivity index (χ2n) is 4.00. The van der Waals surface area contributed by atoms with E-state index in [1.54, 1.807) is 5.01 Å². The highest BCUT2D eigenvalue weighted by Crippen LogP contribution is 2.37. The molecule has 0 radical (unpaired) electrons. The molecule has 0 atom stereocenters. The molecule has 6 nitrogen and oxygen atoms in total. The van der Waals surface area contributed by atoms with E-state index in [2.05, 4.69) is 9.97 Å². The molecule has 2 heterocycles. The monoisotopic (exact) mass is 270 g/mol. The number of hydrogen-bond acceptors (Lipinski definition) is 5. The first-order valence-electron chi connectivity index (χ1n) is 5.74. The zero-order valence-electron chi connectivity index (χ0n) is 10.6. The van der Waals surface area contributed by atoms with Gasteiger partial charge >= 0.3 is 0 Å². The van der Waals surface area contributed by atoms with E-state index in [9.17, 15) is 4.79 Å². The second kappa shape index (κ2) is 4.97. The summed E-state index contributed by atoms with van der Waals surface area (Å²) in [5.74, 6) is 0.363. The SMILES string of the molecule is CCCN1c2c(nc(Cl)nc2OC)CN1C(C)=O. The van der Waals surface area contributed by atoms with Crippen LogP contribution < -0.4 is 9.75 Å². The quantitative estimate of drug-likeness (QED) is 0.782. The molecule has 0 spiro atoms. The molecule has 1 aromatic rings. The van der Waals surface area contributed by atoms with E-state index >= 15 is 0 Å². The van der Waals surface area contributed by atoms with Gasteiger partial charge in [0, 0.05) is 13.5 Å². The minimum absolute atomic E-state index is 0.0420. The average Bonchev–Trinajstić information content (AvgIpc) is 2.67. The van der Waals surface area contributed by atoms with Crippen molar-refractivity contribution in [3.63, 3.8) is 0 Å². The summed E-state index contributed by atoms with van der Waals surface area (Å²) in [5.41, 5.74) is 1.45. The molecule has 0 aromatic carbocycles. The number of carbonyl (C=O) groups is 1. The third-order valence-corrected chi connectivity index (χ3v) is 2.91. The van der Waals surface area contributed by atoms with Crippen LogP contribution in [-0.4, -0.2) is 34.5 Å². The van der Waals surface area contributed by atoms with Crippen LogP contribution in [0.2, 0.25) is 5.28 Å². The zero-order valence-corrected chi connectivity index (χ0v) is 11.4. The van der Waals surface area contributed by atoms with Crippen molar-refractivity contribution in [1.82, 2.24) is 15.0 Å². The number of nitrogens with zero attached hydrogens (tertiary/aromatic N) is 4. The highest BCUT2D eigenvalue weighted by atomic mass is 35.5. The molecular formula is C11H15ClN4O2. The number of amides is 1. The van der Waals surface area contributed by atoms with Crippen molar-refractivity contribution in [3.05, 3.63) is 11.0 Å². The summed E-state index contributed by atoms with van der Waals surface area (Å²) in [6.45, 7) is 4.67. The van der Waals surface area contributed by atoms with E-state index in [0.717, 1.165) is 17.8 Å². The molecule has 0 saturated carbocycles. The Morgan fingerprint density at radius 2 is 2.22 bits per heavy atom. The van der Waals surface area contributed by atoms with Gasteiger partial charge in [-0.3, -0.25) is 9.80 Å². The van der Waals surface area contributed by atoms with E-state index in [4.69, 9.17) is 16.3 Å². The fourth-order valence-electron chi connectivity index (χ4n) is 2.03. The fraction of sp³-hybridized carbons (Fsp3) is 0.545. The summed E-state index contributed by atoms with van der Waals surface area (Å²) in [5, 5.41) is 3.61. The largest absolute Gasteiger partial charge is 0.479 e. The third-order valence-electron chi connectivity index (χ3n) is 2.74. The van der Waals surface area contributed by atoms with Gasteiger partial charge in [-0.25, -0.2) is 9.99 Å². The van der Waals surface area contributed by atoms with Crippen LogP contribution in [0.3, 0.4) is 0 Å². The number of aromatic nitrogens is 2. The summed E-state index contributed by atoms with van der Waals surface area (Å²) >= 11 is 5.84. The van der Waals surface area contributed by atoms with Crippen LogP contribution in [0, 0.1) is 0 Å². The van der Waals surface area contributed by atoms with Crippen LogP contribution >= 0.6 is 11.6 Å². The molecule has 1 amide bonds. The van der Waals surface area contributed by atoms with Gasteiger partial charge in [-0.05, 0) is 18.0 Å². The molecule has 0 unspecified atom stereocenters. The van der Waals surface area contributed by atoms with Crippen LogP contribution in [0.25, 0.3) is 0 Å². The first kappa shape index (κ1) is 12.9. The van der Waals surface area contributed by atoms with Crippen molar-refractivity contribution >= 4 is 23.2 Å². The molecule has 0 saturated heterocycles. The van der Waals surface area contributed by atoms with Gasteiger partial charge in [0.05, 0.1) is 19.3 Å². The lowest BCUT2D eigenvalue weighted by molar-refractivity contribution is -0.129. The molecule has 18 heavy (non-hydrogen) atoms. The fourth-order valence-corrected chi connectivity index (χ4v) is 2.21. The Balaban J connectivity index is 2.49. The molecule has 1 aliphatic rings. The number of halogens is 1. The Labute approximate surface area is 110 Å². The van der Waals surface area contributed by atoms with Crippen molar-refractivity contribution in [3.8, 4) is 5.88 Å². The first-order valence-corrected chi connectivity index (χ1v) is 6.12. The second-order valence-corrected chi connectivity index (χ2v) is 4.34. The van der Waals surface area contributed by atoms with Gasteiger partial charge in [0.25, 0.3) is 0 Å². The summed E-state index contributed by atoms with van der Waals surface area (Å²) in [6, 6.07) is 0. The standard InChI is InChI=1S/C11H15ClN4O2/c1-4-5-15-9-8(6-16(15)7(2)17)13-11(12)14-10(9)18-3/h4-6H2,1-3H3. The Morgan fingerprint density at radius 3 is 2.78 bits per heavy atom. The van der Waals surface area contributed by atoms with E-state index in [0.29, 0.717) is 19.0 Å². The Hall–Kier alpha value is -1.56. The van der Waals surface area contributed by atoms with Crippen LogP contribution in [0.5, 0.6) is 5.88 Å². The lowest BCUT2D eigenvalue weighted by Crippen LogP contribution is -2.41. The predicted molar refractivity (Wildman–Crippen MR) is 67.5 cm³/mol. The molecule has 0 N–H and O–H groups in total. The lowest BCUT2D eigenvalue weighted by atomic mass is 10.3. The van der Waals surface area contributed by atoms with Gasteiger partial charge in [-0.15, -0.1) is 0 Å². The minimum atomic E-state index is -0.0420. The average molecular weight is 271 g/mol. The molecule has 7 heteroatoms. The summed E-state index contributed by atoms with van der Waals surface area (Å²) < 4.78 is 5.23. The van der Waals surface area contributed by atoms with Crippen LogP contribution in [0.15, 0.2) is 0 Å². The Morgan fingerprint density at radius 1 is 1.50 bits per heavy atom. The molecule has 1 aliphatic heterocycles. The van der Waals surface area contributed by atoms with Gasteiger partial charge in [-0.2, -0.15) is 4.98 Å².